The third kappa shape index (κ3) is 2.72. The Morgan fingerprint density at radius 3 is 2.87 bits per heavy atom. The van der Waals surface area contributed by atoms with Crippen LogP contribution in [0.15, 0.2) is 6.07 Å². The van der Waals surface area contributed by atoms with E-state index in [-0.39, 0.29) is 36.2 Å². The number of ether oxygens (including phenoxy) is 1. The fourth-order valence-corrected chi connectivity index (χ4v) is 1.01. The molecule has 0 aliphatic carbocycles. The Hall–Kier alpha value is -2.00. The molecule has 0 saturated carbocycles. The Kier molecular flexibility index (Phi) is 3.71. The van der Waals surface area contributed by atoms with E-state index in [4.69, 9.17) is 26.6 Å². The molecule has 0 aliphatic heterocycles. The van der Waals surface area contributed by atoms with Crippen LogP contribution in [0.25, 0.3) is 0 Å². The average molecular weight is 208 g/mol. The second-order valence-corrected chi connectivity index (χ2v) is 2.85. The van der Waals surface area contributed by atoms with E-state index < -0.39 is 0 Å². The molecule has 0 fully saturated rings. The van der Waals surface area contributed by atoms with Crippen molar-refractivity contribution in [1.29, 1.82) is 5.26 Å². The third-order valence-electron chi connectivity index (χ3n) is 1.69. The van der Waals surface area contributed by atoms with E-state index in [1.165, 1.54) is 6.07 Å². The van der Waals surface area contributed by atoms with Crippen molar-refractivity contribution in [3.8, 4) is 11.9 Å². The summed E-state index contributed by atoms with van der Waals surface area (Å²) in [6.07, 6.45) is 0.460. The lowest BCUT2D eigenvalue weighted by atomic mass is 10.2. The van der Waals surface area contributed by atoms with Gasteiger partial charge < -0.3 is 21.3 Å². The molecule has 1 aromatic rings. The highest BCUT2D eigenvalue weighted by atomic mass is 16.5. The molecule has 6 nitrogen and oxygen atoms in total. The lowest BCUT2D eigenvalue weighted by molar-refractivity contribution is 0.229. The molecule has 0 amide bonds. The lowest BCUT2D eigenvalue weighted by Gasteiger charge is -2.08. The van der Waals surface area contributed by atoms with Gasteiger partial charge in [0.05, 0.1) is 12.3 Å². The number of hydrogen-bond donors (Lipinski definition) is 3. The van der Waals surface area contributed by atoms with Crippen molar-refractivity contribution < 1.29 is 9.84 Å². The van der Waals surface area contributed by atoms with Crippen molar-refractivity contribution in [2.24, 2.45) is 0 Å². The Morgan fingerprint density at radius 2 is 2.27 bits per heavy atom. The number of nitrogens with zero attached hydrogens (tertiary/aromatic N) is 2. The monoisotopic (exact) mass is 208 g/mol. The summed E-state index contributed by atoms with van der Waals surface area (Å²) in [5.74, 6) is 0.314. The van der Waals surface area contributed by atoms with E-state index in [0.717, 1.165) is 0 Å². The molecule has 5 N–H and O–H groups in total. The maximum absolute atomic E-state index is 8.81. The predicted octanol–water partition coefficient (Wildman–Crippen LogP) is -0.121. The first-order valence-electron chi connectivity index (χ1n) is 4.38. The van der Waals surface area contributed by atoms with Crippen LogP contribution in [0.1, 0.15) is 12.0 Å². The molecular weight excluding hydrogens is 196 g/mol. The van der Waals surface area contributed by atoms with E-state index in [9.17, 15) is 0 Å². The molecule has 0 aromatic carbocycles. The van der Waals surface area contributed by atoms with Gasteiger partial charge in [-0.25, -0.2) is 0 Å². The Labute approximate surface area is 87.1 Å². The molecule has 0 spiro atoms. The summed E-state index contributed by atoms with van der Waals surface area (Å²) in [5, 5.41) is 17.4. The lowest BCUT2D eigenvalue weighted by Crippen LogP contribution is -2.06. The zero-order valence-electron chi connectivity index (χ0n) is 8.10. The van der Waals surface area contributed by atoms with Crippen LogP contribution in [0.4, 0.5) is 11.5 Å². The molecule has 1 aromatic heterocycles. The molecule has 0 radical (unpaired) electrons. The van der Waals surface area contributed by atoms with Crippen molar-refractivity contribution in [3.63, 3.8) is 0 Å². The van der Waals surface area contributed by atoms with Crippen molar-refractivity contribution >= 4 is 11.5 Å². The van der Waals surface area contributed by atoms with Crippen LogP contribution in [0, 0.1) is 11.3 Å². The highest BCUT2D eigenvalue weighted by molar-refractivity contribution is 5.62. The van der Waals surface area contributed by atoms with Crippen LogP contribution in [0.5, 0.6) is 5.88 Å². The molecular formula is C9H12N4O2. The van der Waals surface area contributed by atoms with Crippen LogP contribution >= 0.6 is 0 Å². The summed E-state index contributed by atoms with van der Waals surface area (Å²) in [6.45, 7) is 0.279. The zero-order valence-corrected chi connectivity index (χ0v) is 8.10. The summed E-state index contributed by atoms with van der Waals surface area (Å²) in [4.78, 5) is 3.85. The summed E-state index contributed by atoms with van der Waals surface area (Å²) in [5.41, 5.74) is 11.4. The third-order valence-corrected chi connectivity index (χ3v) is 1.69. The van der Waals surface area contributed by atoms with Crippen LogP contribution < -0.4 is 16.2 Å². The van der Waals surface area contributed by atoms with Gasteiger partial charge >= 0.3 is 0 Å². The minimum Gasteiger partial charge on any atom is -0.477 e. The quantitative estimate of drug-likeness (QED) is 0.593. The Balaban J connectivity index is 2.90. The van der Waals surface area contributed by atoms with Crippen molar-refractivity contribution in [3.05, 3.63) is 11.6 Å². The number of rotatable bonds is 4. The molecule has 0 saturated heterocycles. The predicted molar refractivity (Wildman–Crippen MR) is 55.0 cm³/mol. The molecule has 0 unspecified atom stereocenters. The SMILES string of the molecule is N#Cc1c(N)cc(N)nc1OCCCO. The minimum atomic E-state index is 0.0136. The van der Waals surface area contributed by atoms with Crippen molar-refractivity contribution in [1.82, 2.24) is 4.98 Å². The first-order valence-corrected chi connectivity index (χ1v) is 4.38. The van der Waals surface area contributed by atoms with Crippen LogP contribution in [0.2, 0.25) is 0 Å². The summed E-state index contributed by atoms with van der Waals surface area (Å²) in [6, 6.07) is 3.29. The number of pyridine rings is 1. The number of hydrogen-bond acceptors (Lipinski definition) is 6. The molecule has 0 aliphatic rings. The van der Waals surface area contributed by atoms with Gasteiger partial charge in [-0.15, -0.1) is 0 Å². The molecule has 0 atom stereocenters. The number of anilines is 2. The number of nitrogens with two attached hydrogens (primary N) is 2. The number of nitriles is 1. The molecule has 15 heavy (non-hydrogen) atoms. The van der Waals surface area contributed by atoms with E-state index in [2.05, 4.69) is 4.98 Å². The normalized spacial score (nSPS) is 9.60. The molecule has 80 valence electrons. The van der Waals surface area contributed by atoms with Crippen molar-refractivity contribution in [2.45, 2.75) is 6.42 Å². The fourth-order valence-electron chi connectivity index (χ4n) is 1.01. The number of aromatic nitrogens is 1. The first kappa shape index (κ1) is 11.1. The van der Waals surface area contributed by atoms with Crippen LogP contribution in [-0.2, 0) is 0 Å². The van der Waals surface area contributed by atoms with Gasteiger partial charge in [-0.1, -0.05) is 0 Å². The second kappa shape index (κ2) is 5.02. The average Bonchev–Trinajstić information content (AvgIpc) is 2.17. The van der Waals surface area contributed by atoms with Gasteiger partial charge in [0.1, 0.15) is 17.5 Å². The number of nitrogen functional groups attached to an aromatic ring is 2. The van der Waals surface area contributed by atoms with E-state index in [1.54, 1.807) is 0 Å². The van der Waals surface area contributed by atoms with Gasteiger partial charge in [0, 0.05) is 19.1 Å². The number of aliphatic hydroxyl groups is 1. The molecule has 1 rings (SSSR count). The van der Waals surface area contributed by atoms with Gasteiger partial charge in [0.2, 0.25) is 5.88 Å². The van der Waals surface area contributed by atoms with Crippen LogP contribution in [0.3, 0.4) is 0 Å². The highest BCUT2D eigenvalue weighted by Crippen LogP contribution is 2.23. The fraction of sp³-hybridized carbons (Fsp3) is 0.333. The Morgan fingerprint density at radius 1 is 1.53 bits per heavy atom. The van der Waals surface area contributed by atoms with Gasteiger partial charge in [-0.3, -0.25) is 0 Å². The van der Waals surface area contributed by atoms with E-state index in [0.29, 0.717) is 6.42 Å². The molecule has 1 heterocycles. The largest absolute Gasteiger partial charge is 0.477 e. The van der Waals surface area contributed by atoms with Gasteiger partial charge in [-0.05, 0) is 0 Å². The highest BCUT2D eigenvalue weighted by Gasteiger charge is 2.10. The maximum atomic E-state index is 8.81. The van der Waals surface area contributed by atoms with Gasteiger partial charge in [-0.2, -0.15) is 10.2 Å². The Bertz CT molecular complexity index is 386. The smallest absolute Gasteiger partial charge is 0.235 e. The first-order chi connectivity index (χ1) is 7.19. The topological polar surface area (TPSA) is 118 Å². The van der Waals surface area contributed by atoms with Crippen molar-refractivity contribution in [2.75, 3.05) is 24.7 Å². The molecule has 0 bridgehead atoms. The molecule has 6 heteroatoms. The van der Waals surface area contributed by atoms with Crippen LogP contribution in [-0.4, -0.2) is 23.3 Å². The summed E-state index contributed by atoms with van der Waals surface area (Å²) < 4.78 is 5.18. The maximum Gasteiger partial charge on any atom is 0.235 e. The minimum absolute atomic E-state index is 0.0136. The number of aliphatic hydroxyl groups excluding tert-OH is 1. The van der Waals surface area contributed by atoms with E-state index >= 15 is 0 Å². The van der Waals surface area contributed by atoms with Gasteiger partial charge in [0.15, 0.2) is 0 Å². The second-order valence-electron chi connectivity index (χ2n) is 2.85. The summed E-state index contributed by atoms with van der Waals surface area (Å²) in [7, 11) is 0. The zero-order chi connectivity index (χ0) is 11.3. The summed E-state index contributed by atoms with van der Waals surface area (Å²) >= 11 is 0. The van der Waals surface area contributed by atoms with Gasteiger partial charge in [0.25, 0.3) is 0 Å². The van der Waals surface area contributed by atoms with E-state index in [1.807, 2.05) is 6.07 Å². The standard InChI is InChI=1S/C9H12N4O2/c10-5-6-7(11)4-8(12)13-9(6)15-3-1-2-14/h4,14H,1-3H2,(H4,11,12,13).